The number of amides is 2. The van der Waals surface area contributed by atoms with Crippen LogP contribution in [-0.4, -0.2) is 37.5 Å². The molecule has 9 heteroatoms. The summed E-state index contributed by atoms with van der Waals surface area (Å²) in [5, 5.41) is 6.07. The van der Waals surface area contributed by atoms with E-state index < -0.39 is 30.4 Å². The molecule has 0 fully saturated rings. The van der Waals surface area contributed by atoms with Gasteiger partial charge in [0.05, 0.1) is 12.1 Å². The Hall–Kier alpha value is -2.77. The second kappa shape index (κ2) is 11.6. The molecule has 0 aliphatic heterocycles. The fourth-order valence-corrected chi connectivity index (χ4v) is 3.09. The Bertz CT molecular complexity index is 932. The lowest BCUT2D eigenvalue weighted by Gasteiger charge is -2.19. The van der Waals surface area contributed by atoms with Crippen molar-refractivity contribution in [3.05, 3.63) is 58.1 Å². The second-order valence-electron chi connectivity index (χ2n) is 7.17. The van der Waals surface area contributed by atoms with Crippen molar-refractivity contribution in [3.63, 3.8) is 0 Å². The fourth-order valence-electron chi connectivity index (χ4n) is 2.71. The van der Waals surface area contributed by atoms with Crippen LogP contribution in [0.3, 0.4) is 0 Å². The SMILES string of the molecule is COc1ccc(NC(=O)COC(=O)[C@@H](CC(C)C)NC(=O)c2ccc(Cl)cc2)cc1Cl. The van der Waals surface area contributed by atoms with E-state index in [-0.39, 0.29) is 5.92 Å². The third-order valence-electron chi connectivity index (χ3n) is 4.18. The minimum absolute atomic E-state index is 0.110. The molecule has 166 valence electrons. The maximum Gasteiger partial charge on any atom is 0.329 e. The molecule has 0 heterocycles. The number of carbonyl (C=O) groups excluding carboxylic acids is 3. The average Bonchev–Trinajstić information content (AvgIpc) is 2.71. The molecule has 0 aromatic heterocycles. The molecule has 2 aromatic rings. The van der Waals surface area contributed by atoms with Gasteiger partial charge in [-0.1, -0.05) is 37.0 Å². The van der Waals surface area contributed by atoms with Crippen molar-refractivity contribution in [1.82, 2.24) is 5.32 Å². The maximum atomic E-state index is 12.5. The Morgan fingerprint density at radius 2 is 1.71 bits per heavy atom. The molecule has 2 amide bonds. The number of nitrogens with one attached hydrogen (secondary N) is 2. The first-order valence-electron chi connectivity index (χ1n) is 9.56. The molecule has 0 aliphatic rings. The van der Waals surface area contributed by atoms with Gasteiger partial charge in [0.1, 0.15) is 11.8 Å². The third kappa shape index (κ3) is 7.77. The summed E-state index contributed by atoms with van der Waals surface area (Å²) < 4.78 is 10.2. The molecule has 0 radical (unpaired) electrons. The third-order valence-corrected chi connectivity index (χ3v) is 4.73. The molecule has 0 saturated carbocycles. The van der Waals surface area contributed by atoms with Crippen LogP contribution in [0, 0.1) is 5.92 Å². The summed E-state index contributed by atoms with van der Waals surface area (Å²) in [4.78, 5) is 37.1. The Morgan fingerprint density at radius 3 is 2.29 bits per heavy atom. The van der Waals surface area contributed by atoms with Gasteiger partial charge in [0, 0.05) is 16.3 Å². The summed E-state index contributed by atoms with van der Waals surface area (Å²) in [6, 6.07) is 10.1. The van der Waals surface area contributed by atoms with Crippen LogP contribution in [-0.2, 0) is 14.3 Å². The molecule has 1 atom stereocenters. The number of ether oxygens (including phenoxy) is 2. The molecule has 0 spiro atoms. The van der Waals surface area contributed by atoms with Crippen LogP contribution in [0.4, 0.5) is 5.69 Å². The lowest BCUT2D eigenvalue weighted by molar-refractivity contribution is -0.149. The van der Waals surface area contributed by atoms with Crippen molar-refractivity contribution in [2.45, 2.75) is 26.3 Å². The van der Waals surface area contributed by atoms with E-state index in [1.54, 1.807) is 36.4 Å². The highest BCUT2D eigenvalue weighted by Gasteiger charge is 2.24. The summed E-state index contributed by atoms with van der Waals surface area (Å²) in [5.74, 6) is -1.09. The topological polar surface area (TPSA) is 93.7 Å². The largest absolute Gasteiger partial charge is 0.495 e. The molecule has 2 rings (SSSR count). The van der Waals surface area contributed by atoms with Gasteiger partial charge in [-0.2, -0.15) is 0 Å². The Balaban J connectivity index is 1.95. The van der Waals surface area contributed by atoms with Crippen molar-refractivity contribution in [2.75, 3.05) is 19.0 Å². The van der Waals surface area contributed by atoms with Gasteiger partial charge < -0.3 is 20.1 Å². The second-order valence-corrected chi connectivity index (χ2v) is 8.01. The van der Waals surface area contributed by atoms with Crippen molar-refractivity contribution in [3.8, 4) is 5.75 Å². The predicted molar refractivity (Wildman–Crippen MR) is 120 cm³/mol. The van der Waals surface area contributed by atoms with Crippen molar-refractivity contribution in [2.24, 2.45) is 5.92 Å². The number of hydrogen-bond acceptors (Lipinski definition) is 5. The summed E-state index contributed by atoms with van der Waals surface area (Å²) in [5.41, 5.74) is 0.793. The van der Waals surface area contributed by atoms with Crippen LogP contribution < -0.4 is 15.4 Å². The van der Waals surface area contributed by atoms with Crippen molar-refractivity contribution < 1.29 is 23.9 Å². The molecule has 0 bridgehead atoms. The number of benzene rings is 2. The number of esters is 1. The van der Waals surface area contributed by atoms with E-state index in [9.17, 15) is 14.4 Å². The monoisotopic (exact) mass is 466 g/mol. The Morgan fingerprint density at radius 1 is 1.03 bits per heavy atom. The van der Waals surface area contributed by atoms with Gasteiger partial charge in [0.25, 0.3) is 11.8 Å². The van der Waals surface area contributed by atoms with Crippen LogP contribution in [0.1, 0.15) is 30.6 Å². The molecular formula is C22H24Cl2N2O5. The van der Waals surface area contributed by atoms with E-state index in [1.165, 1.54) is 13.2 Å². The minimum atomic E-state index is -0.897. The minimum Gasteiger partial charge on any atom is -0.495 e. The summed E-state index contributed by atoms with van der Waals surface area (Å²) in [6.07, 6.45) is 0.355. The number of rotatable bonds is 9. The van der Waals surface area contributed by atoms with E-state index in [4.69, 9.17) is 32.7 Å². The first-order chi connectivity index (χ1) is 14.7. The molecule has 2 aromatic carbocycles. The van der Waals surface area contributed by atoms with Gasteiger partial charge >= 0.3 is 5.97 Å². The molecule has 7 nitrogen and oxygen atoms in total. The van der Waals surface area contributed by atoms with Crippen LogP contribution >= 0.6 is 23.2 Å². The van der Waals surface area contributed by atoms with Gasteiger partial charge in [0.2, 0.25) is 0 Å². The Kier molecular flexibility index (Phi) is 9.15. The highest BCUT2D eigenvalue weighted by molar-refractivity contribution is 6.32. The first-order valence-corrected chi connectivity index (χ1v) is 10.3. The number of methoxy groups -OCH3 is 1. The van der Waals surface area contributed by atoms with Crippen molar-refractivity contribution in [1.29, 1.82) is 0 Å². The summed E-state index contributed by atoms with van der Waals surface area (Å²) >= 11 is 11.9. The molecule has 0 saturated heterocycles. The van der Waals surface area contributed by atoms with Gasteiger partial charge in [0.15, 0.2) is 6.61 Å². The van der Waals surface area contributed by atoms with Gasteiger partial charge in [-0.05, 0) is 54.8 Å². The van der Waals surface area contributed by atoms with Gasteiger partial charge in [-0.25, -0.2) is 4.79 Å². The number of halogens is 2. The standard InChI is InChI=1S/C22H24Cl2N2O5/c1-13(2)10-18(26-21(28)14-4-6-15(23)7-5-14)22(29)31-12-20(27)25-16-8-9-19(30-3)17(24)11-16/h4-9,11,13,18H,10,12H2,1-3H3,(H,25,27)(H,26,28)/t18-/m1/s1. The molecule has 0 unspecified atom stereocenters. The quantitative estimate of drug-likeness (QED) is 0.536. The molecule has 2 N–H and O–H groups in total. The predicted octanol–water partition coefficient (Wildman–Crippen LogP) is 4.33. The highest BCUT2D eigenvalue weighted by Crippen LogP contribution is 2.27. The molecular weight excluding hydrogens is 443 g/mol. The fraction of sp³-hybridized carbons (Fsp3) is 0.318. The van der Waals surface area contributed by atoms with Crippen LogP contribution in [0.25, 0.3) is 0 Å². The van der Waals surface area contributed by atoms with E-state index in [0.29, 0.717) is 33.5 Å². The van der Waals surface area contributed by atoms with E-state index >= 15 is 0 Å². The summed E-state index contributed by atoms with van der Waals surface area (Å²) in [7, 11) is 1.48. The zero-order valence-corrected chi connectivity index (χ0v) is 18.9. The average molecular weight is 467 g/mol. The first kappa shape index (κ1) is 24.5. The molecule has 0 aliphatic carbocycles. The zero-order valence-electron chi connectivity index (χ0n) is 17.4. The summed E-state index contributed by atoms with van der Waals surface area (Å²) in [6.45, 7) is 3.32. The van der Waals surface area contributed by atoms with E-state index in [1.807, 2.05) is 13.8 Å². The highest BCUT2D eigenvalue weighted by atomic mass is 35.5. The number of hydrogen-bond donors (Lipinski definition) is 2. The lowest BCUT2D eigenvalue weighted by Crippen LogP contribution is -2.43. The lowest BCUT2D eigenvalue weighted by atomic mass is 10.0. The number of carbonyl (C=O) groups is 3. The van der Waals surface area contributed by atoms with Crippen molar-refractivity contribution >= 4 is 46.7 Å². The van der Waals surface area contributed by atoms with Crippen LogP contribution in [0.5, 0.6) is 5.75 Å². The van der Waals surface area contributed by atoms with Gasteiger partial charge in [-0.15, -0.1) is 0 Å². The van der Waals surface area contributed by atoms with Crippen LogP contribution in [0.2, 0.25) is 10.0 Å². The normalized spacial score (nSPS) is 11.5. The van der Waals surface area contributed by atoms with Crippen LogP contribution in [0.15, 0.2) is 42.5 Å². The maximum absolute atomic E-state index is 12.5. The Labute approximate surface area is 191 Å². The zero-order chi connectivity index (χ0) is 23.0. The van der Waals surface area contributed by atoms with E-state index in [0.717, 1.165) is 0 Å². The molecule has 31 heavy (non-hydrogen) atoms. The number of anilines is 1. The smallest absolute Gasteiger partial charge is 0.329 e. The van der Waals surface area contributed by atoms with Gasteiger partial charge in [-0.3, -0.25) is 9.59 Å². The van der Waals surface area contributed by atoms with E-state index in [2.05, 4.69) is 10.6 Å².